The Morgan fingerprint density at radius 1 is 0.966 bits per heavy atom. The maximum atomic E-state index is 5.96. The third-order valence-electron chi connectivity index (χ3n) is 4.67. The molecule has 0 spiro atoms. The van der Waals surface area contributed by atoms with Gasteiger partial charge in [-0.1, -0.05) is 0 Å². The molecule has 0 saturated heterocycles. The normalized spacial score (nSPS) is 12.1. The van der Waals surface area contributed by atoms with E-state index in [2.05, 4.69) is 21.4 Å². The van der Waals surface area contributed by atoms with Crippen LogP contribution >= 0.6 is 0 Å². The average Bonchev–Trinajstić information content (AvgIpc) is 3.20. The molecule has 150 valence electrons. The van der Waals surface area contributed by atoms with Crippen LogP contribution in [-0.2, 0) is 6.42 Å². The molecule has 3 aromatic rings. The van der Waals surface area contributed by atoms with Crippen LogP contribution in [0, 0.1) is 0 Å². The van der Waals surface area contributed by atoms with Gasteiger partial charge in [0.05, 0.1) is 33.6 Å². The molecule has 0 unspecified atom stereocenters. The van der Waals surface area contributed by atoms with Crippen LogP contribution < -0.4 is 30.0 Å². The predicted molar refractivity (Wildman–Crippen MR) is 110 cm³/mol. The van der Waals surface area contributed by atoms with Crippen molar-refractivity contribution in [1.82, 2.24) is 9.97 Å². The van der Waals surface area contributed by atoms with Gasteiger partial charge in [0.25, 0.3) is 0 Å². The summed E-state index contributed by atoms with van der Waals surface area (Å²) in [6, 6.07) is 11.4. The Hall–Kier alpha value is -3.68. The van der Waals surface area contributed by atoms with Crippen molar-refractivity contribution in [3.63, 3.8) is 0 Å². The van der Waals surface area contributed by atoms with Crippen molar-refractivity contribution < 1.29 is 18.9 Å². The lowest BCUT2D eigenvalue weighted by molar-refractivity contribution is 0.324. The van der Waals surface area contributed by atoms with E-state index in [-0.39, 0.29) is 5.95 Å². The van der Waals surface area contributed by atoms with Crippen LogP contribution in [0.5, 0.6) is 23.0 Å². The highest BCUT2D eigenvalue weighted by atomic mass is 16.5. The van der Waals surface area contributed by atoms with Crippen molar-refractivity contribution in [3.8, 4) is 34.3 Å². The topological polar surface area (TPSA) is 101 Å². The zero-order valence-electron chi connectivity index (χ0n) is 16.5. The molecular formula is C21H22N4O4. The van der Waals surface area contributed by atoms with Gasteiger partial charge >= 0.3 is 0 Å². The third kappa shape index (κ3) is 3.69. The monoisotopic (exact) mass is 394 g/mol. The lowest BCUT2D eigenvalue weighted by Gasteiger charge is -2.15. The molecular weight excluding hydrogens is 372 g/mol. The maximum absolute atomic E-state index is 5.96. The molecule has 0 saturated carbocycles. The van der Waals surface area contributed by atoms with E-state index >= 15 is 0 Å². The zero-order chi connectivity index (χ0) is 20.4. The molecule has 0 radical (unpaired) electrons. The summed E-state index contributed by atoms with van der Waals surface area (Å²) in [4.78, 5) is 8.68. The first-order valence-electron chi connectivity index (χ1n) is 9.09. The number of nitrogens with zero attached hydrogens (tertiary/aromatic N) is 2. The zero-order valence-corrected chi connectivity index (χ0v) is 16.5. The second-order valence-electron chi connectivity index (χ2n) is 6.46. The first-order chi connectivity index (χ1) is 14.1. The maximum Gasteiger partial charge on any atom is 0.222 e. The Kier molecular flexibility index (Phi) is 4.99. The number of benzene rings is 2. The number of anilines is 3. The van der Waals surface area contributed by atoms with Gasteiger partial charge in [-0.15, -0.1) is 0 Å². The summed E-state index contributed by atoms with van der Waals surface area (Å²) in [6.45, 7) is 0.707. The van der Waals surface area contributed by atoms with Crippen molar-refractivity contribution in [2.24, 2.45) is 0 Å². The molecule has 4 rings (SSSR count). The fraction of sp³-hybridized carbons (Fsp3) is 0.238. The molecule has 8 heteroatoms. The predicted octanol–water partition coefficient (Wildman–Crippen LogP) is 3.43. The van der Waals surface area contributed by atoms with Gasteiger partial charge in [-0.2, -0.15) is 4.98 Å². The summed E-state index contributed by atoms with van der Waals surface area (Å²) < 4.78 is 21.7. The number of nitrogens with one attached hydrogen (secondary N) is 1. The van der Waals surface area contributed by atoms with Crippen molar-refractivity contribution in [3.05, 3.63) is 42.0 Å². The van der Waals surface area contributed by atoms with Gasteiger partial charge < -0.3 is 30.0 Å². The molecule has 0 bridgehead atoms. The highest BCUT2D eigenvalue weighted by molar-refractivity contribution is 5.71. The van der Waals surface area contributed by atoms with Crippen LogP contribution in [0.15, 0.2) is 36.4 Å². The van der Waals surface area contributed by atoms with E-state index in [1.165, 1.54) is 5.56 Å². The molecule has 0 atom stereocenters. The van der Waals surface area contributed by atoms with Crippen LogP contribution in [0.1, 0.15) is 5.56 Å². The van der Waals surface area contributed by atoms with Gasteiger partial charge in [0, 0.05) is 35.9 Å². The Morgan fingerprint density at radius 2 is 1.72 bits per heavy atom. The summed E-state index contributed by atoms with van der Waals surface area (Å²) in [5, 5.41) is 3.24. The largest absolute Gasteiger partial charge is 0.493 e. The summed E-state index contributed by atoms with van der Waals surface area (Å²) in [5.74, 6) is 3.24. The van der Waals surface area contributed by atoms with Gasteiger partial charge in [-0.3, -0.25) is 0 Å². The van der Waals surface area contributed by atoms with Crippen molar-refractivity contribution in [1.29, 1.82) is 0 Å². The molecule has 2 aromatic carbocycles. The molecule has 0 fully saturated rings. The Morgan fingerprint density at radius 3 is 2.41 bits per heavy atom. The molecule has 3 N–H and O–H groups in total. The number of hydrogen-bond acceptors (Lipinski definition) is 8. The van der Waals surface area contributed by atoms with Crippen molar-refractivity contribution in [2.75, 3.05) is 39.0 Å². The molecule has 1 aliphatic heterocycles. The highest BCUT2D eigenvalue weighted by Gasteiger charge is 2.16. The number of nitrogens with two attached hydrogens (primary N) is 1. The summed E-state index contributed by atoms with van der Waals surface area (Å²) in [7, 11) is 4.70. The summed E-state index contributed by atoms with van der Waals surface area (Å²) >= 11 is 0. The van der Waals surface area contributed by atoms with Crippen LogP contribution in [0.2, 0.25) is 0 Å². The van der Waals surface area contributed by atoms with Gasteiger partial charge in [-0.25, -0.2) is 4.98 Å². The number of ether oxygens (including phenoxy) is 4. The van der Waals surface area contributed by atoms with E-state index in [0.29, 0.717) is 35.4 Å². The van der Waals surface area contributed by atoms with Gasteiger partial charge in [0.1, 0.15) is 11.6 Å². The van der Waals surface area contributed by atoms with E-state index in [1.807, 2.05) is 18.2 Å². The SMILES string of the molecule is COc1cc(Nc2cc(-c3ccc4c(c3)CCO4)nc(N)n2)cc(OC)c1OC. The molecule has 29 heavy (non-hydrogen) atoms. The third-order valence-corrected chi connectivity index (χ3v) is 4.67. The highest BCUT2D eigenvalue weighted by Crippen LogP contribution is 2.40. The van der Waals surface area contributed by atoms with Crippen LogP contribution in [-0.4, -0.2) is 37.9 Å². The number of fused-ring (bicyclic) bond motifs is 1. The molecule has 2 heterocycles. The van der Waals surface area contributed by atoms with Gasteiger partial charge in [0.2, 0.25) is 11.7 Å². The lowest BCUT2D eigenvalue weighted by Crippen LogP contribution is -2.02. The Balaban J connectivity index is 1.68. The molecule has 1 aromatic heterocycles. The number of rotatable bonds is 6. The van der Waals surface area contributed by atoms with Crippen molar-refractivity contribution >= 4 is 17.5 Å². The van der Waals surface area contributed by atoms with E-state index in [4.69, 9.17) is 24.7 Å². The lowest BCUT2D eigenvalue weighted by atomic mass is 10.1. The van der Waals surface area contributed by atoms with E-state index in [0.717, 1.165) is 23.4 Å². The van der Waals surface area contributed by atoms with Crippen LogP contribution in [0.25, 0.3) is 11.3 Å². The van der Waals surface area contributed by atoms with Crippen molar-refractivity contribution in [2.45, 2.75) is 6.42 Å². The second kappa shape index (κ2) is 7.75. The molecule has 0 aliphatic carbocycles. The van der Waals surface area contributed by atoms with Crippen LogP contribution in [0.4, 0.5) is 17.5 Å². The minimum atomic E-state index is 0.175. The fourth-order valence-electron chi connectivity index (χ4n) is 3.32. The smallest absolute Gasteiger partial charge is 0.222 e. The van der Waals surface area contributed by atoms with E-state index < -0.39 is 0 Å². The van der Waals surface area contributed by atoms with E-state index in [9.17, 15) is 0 Å². The fourth-order valence-corrected chi connectivity index (χ4v) is 3.32. The second-order valence-corrected chi connectivity index (χ2v) is 6.46. The summed E-state index contributed by atoms with van der Waals surface area (Å²) in [5.41, 5.74) is 9.52. The van der Waals surface area contributed by atoms with Crippen LogP contribution in [0.3, 0.4) is 0 Å². The quantitative estimate of drug-likeness (QED) is 0.656. The van der Waals surface area contributed by atoms with Gasteiger partial charge in [0.15, 0.2) is 11.5 Å². The van der Waals surface area contributed by atoms with Gasteiger partial charge in [-0.05, 0) is 23.8 Å². The number of nitrogen functional groups attached to an aromatic ring is 1. The number of hydrogen-bond donors (Lipinski definition) is 2. The molecule has 8 nitrogen and oxygen atoms in total. The summed E-state index contributed by atoms with van der Waals surface area (Å²) in [6.07, 6.45) is 0.889. The first-order valence-corrected chi connectivity index (χ1v) is 9.09. The van der Waals surface area contributed by atoms with E-state index in [1.54, 1.807) is 33.5 Å². The number of aromatic nitrogens is 2. The number of methoxy groups -OCH3 is 3. The minimum Gasteiger partial charge on any atom is -0.493 e. The average molecular weight is 394 g/mol. The minimum absolute atomic E-state index is 0.175. The molecule has 0 amide bonds. The Labute approximate surface area is 168 Å². The Bertz CT molecular complexity index is 1030. The first kappa shape index (κ1) is 18.7. The standard InChI is InChI=1S/C21H22N4O4/c1-26-17-9-14(10-18(27-2)20(17)28-3)23-19-11-15(24-21(22)25-19)12-4-5-16-13(8-12)6-7-29-16/h4-5,8-11H,6-7H2,1-3H3,(H3,22,23,24,25). The molecule has 1 aliphatic rings.